The molecular formula is C12H18N2OS. The molecule has 4 heteroatoms. The quantitative estimate of drug-likeness (QED) is 0.769. The summed E-state index contributed by atoms with van der Waals surface area (Å²) in [5.74, 6) is 0.00365. The summed E-state index contributed by atoms with van der Waals surface area (Å²) in [7, 11) is 0. The second-order valence-corrected chi connectivity index (χ2v) is 4.69. The van der Waals surface area contributed by atoms with Crippen LogP contribution in [-0.4, -0.2) is 18.2 Å². The highest BCUT2D eigenvalue weighted by Gasteiger charge is 2.04. The summed E-state index contributed by atoms with van der Waals surface area (Å²) in [5, 5.41) is 2.84. The molecule has 0 aliphatic carbocycles. The highest BCUT2D eigenvalue weighted by Crippen LogP contribution is 2.14. The standard InChI is InChI=1S/C12H18N2OS/c1-9(13)7-12(15)14-8-10-3-5-11(16-2)6-4-10/h3-6,9H,7-8,13H2,1-2H3,(H,14,15). The van der Waals surface area contributed by atoms with Crippen molar-refractivity contribution in [2.24, 2.45) is 5.73 Å². The van der Waals surface area contributed by atoms with Crippen molar-refractivity contribution in [3.63, 3.8) is 0 Å². The van der Waals surface area contributed by atoms with Crippen molar-refractivity contribution in [3.8, 4) is 0 Å². The van der Waals surface area contributed by atoms with Gasteiger partial charge in [-0.15, -0.1) is 11.8 Å². The second kappa shape index (κ2) is 6.55. The van der Waals surface area contributed by atoms with E-state index >= 15 is 0 Å². The molecule has 0 saturated carbocycles. The predicted molar refractivity (Wildman–Crippen MR) is 68.3 cm³/mol. The van der Waals surface area contributed by atoms with Crippen LogP contribution in [0.2, 0.25) is 0 Å². The van der Waals surface area contributed by atoms with Crippen LogP contribution in [0.5, 0.6) is 0 Å². The van der Waals surface area contributed by atoms with Gasteiger partial charge in [-0.05, 0) is 30.9 Å². The number of rotatable bonds is 5. The van der Waals surface area contributed by atoms with E-state index in [1.54, 1.807) is 11.8 Å². The third-order valence-electron chi connectivity index (χ3n) is 2.16. The Morgan fingerprint density at radius 2 is 2.06 bits per heavy atom. The SMILES string of the molecule is CSc1ccc(CNC(=O)CC(C)N)cc1. The molecule has 3 nitrogen and oxygen atoms in total. The number of amides is 1. The zero-order valence-electron chi connectivity index (χ0n) is 9.69. The summed E-state index contributed by atoms with van der Waals surface area (Å²) in [6, 6.07) is 8.07. The maximum atomic E-state index is 11.4. The molecule has 1 unspecified atom stereocenters. The molecule has 88 valence electrons. The van der Waals surface area contributed by atoms with Crippen LogP contribution >= 0.6 is 11.8 Å². The molecule has 0 heterocycles. The Labute approximate surface area is 101 Å². The molecule has 0 aliphatic heterocycles. The van der Waals surface area contributed by atoms with E-state index in [1.165, 1.54) is 4.90 Å². The number of benzene rings is 1. The van der Waals surface area contributed by atoms with E-state index in [0.29, 0.717) is 13.0 Å². The van der Waals surface area contributed by atoms with E-state index in [-0.39, 0.29) is 11.9 Å². The van der Waals surface area contributed by atoms with Crippen molar-refractivity contribution >= 4 is 17.7 Å². The van der Waals surface area contributed by atoms with Crippen LogP contribution in [0.1, 0.15) is 18.9 Å². The van der Waals surface area contributed by atoms with E-state index in [2.05, 4.69) is 17.4 Å². The van der Waals surface area contributed by atoms with Gasteiger partial charge in [-0.3, -0.25) is 4.79 Å². The van der Waals surface area contributed by atoms with Crippen LogP contribution in [0.4, 0.5) is 0 Å². The lowest BCUT2D eigenvalue weighted by Gasteiger charge is -2.07. The third kappa shape index (κ3) is 4.68. The first-order valence-electron chi connectivity index (χ1n) is 5.27. The zero-order chi connectivity index (χ0) is 12.0. The van der Waals surface area contributed by atoms with Gasteiger partial charge in [0, 0.05) is 23.9 Å². The first-order chi connectivity index (χ1) is 7.61. The molecule has 0 fully saturated rings. The number of hydrogen-bond acceptors (Lipinski definition) is 3. The van der Waals surface area contributed by atoms with Gasteiger partial charge >= 0.3 is 0 Å². The number of nitrogens with one attached hydrogen (secondary N) is 1. The fraction of sp³-hybridized carbons (Fsp3) is 0.417. The minimum Gasteiger partial charge on any atom is -0.352 e. The minimum atomic E-state index is -0.0844. The van der Waals surface area contributed by atoms with Crippen LogP contribution < -0.4 is 11.1 Å². The van der Waals surface area contributed by atoms with Crippen molar-refractivity contribution < 1.29 is 4.79 Å². The Morgan fingerprint density at radius 3 is 2.56 bits per heavy atom. The third-order valence-corrected chi connectivity index (χ3v) is 2.90. The normalized spacial score (nSPS) is 12.2. The van der Waals surface area contributed by atoms with E-state index in [1.807, 2.05) is 25.3 Å². The summed E-state index contributed by atoms with van der Waals surface area (Å²) in [5.41, 5.74) is 6.64. The van der Waals surface area contributed by atoms with Gasteiger partial charge in [0.25, 0.3) is 0 Å². The number of nitrogens with two attached hydrogens (primary N) is 1. The van der Waals surface area contributed by atoms with Crippen LogP contribution in [0.15, 0.2) is 29.2 Å². The molecule has 3 N–H and O–H groups in total. The smallest absolute Gasteiger partial charge is 0.221 e. The highest BCUT2D eigenvalue weighted by atomic mass is 32.2. The van der Waals surface area contributed by atoms with Gasteiger partial charge < -0.3 is 11.1 Å². The first-order valence-corrected chi connectivity index (χ1v) is 6.49. The van der Waals surface area contributed by atoms with Gasteiger partial charge in [-0.1, -0.05) is 12.1 Å². The Morgan fingerprint density at radius 1 is 1.44 bits per heavy atom. The molecule has 1 atom stereocenters. The van der Waals surface area contributed by atoms with Gasteiger partial charge in [0.1, 0.15) is 0 Å². The topological polar surface area (TPSA) is 55.1 Å². The molecule has 16 heavy (non-hydrogen) atoms. The first kappa shape index (κ1) is 13.1. The number of carbonyl (C=O) groups is 1. The van der Waals surface area contributed by atoms with Gasteiger partial charge in [0.15, 0.2) is 0 Å². The highest BCUT2D eigenvalue weighted by molar-refractivity contribution is 7.98. The van der Waals surface area contributed by atoms with Crippen molar-refractivity contribution in [2.45, 2.75) is 30.8 Å². The summed E-state index contributed by atoms with van der Waals surface area (Å²) in [4.78, 5) is 12.6. The maximum absolute atomic E-state index is 11.4. The Kier molecular flexibility index (Phi) is 5.35. The monoisotopic (exact) mass is 238 g/mol. The Bertz CT molecular complexity index is 335. The molecule has 1 amide bonds. The average molecular weight is 238 g/mol. The van der Waals surface area contributed by atoms with Gasteiger partial charge in [-0.2, -0.15) is 0 Å². The van der Waals surface area contributed by atoms with E-state index in [4.69, 9.17) is 5.73 Å². The van der Waals surface area contributed by atoms with Crippen molar-refractivity contribution in [2.75, 3.05) is 6.26 Å². The lowest BCUT2D eigenvalue weighted by Crippen LogP contribution is -2.29. The fourth-order valence-electron chi connectivity index (χ4n) is 1.31. The molecule has 0 aliphatic rings. The van der Waals surface area contributed by atoms with Gasteiger partial charge in [0.05, 0.1) is 0 Å². The lowest BCUT2D eigenvalue weighted by atomic mass is 10.2. The summed E-state index contributed by atoms with van der Waals surface area (Å²) in [6.07, 6.45) is 2.42. The molecule has 0 aromatic heterocycles. The van der Waals surface area contributed by atoms with Crippen LogP contribution in [0.3, 0.4) is 0 Å². The average Bonchev–Trinajstić information content (AvgIpc) is 2.26. The molecule has 1 rings (SSSR count). The molecule has 0 saturated heterocycles. The number of carbonyl (C=O) groups excluding carboxylic acids is 1. The predicted octanol–water partition coefficient (Wildman–Crippen LogP) is 1.76. The minimum absolute atomic E-state index is 0.00365. The van der Waals surface area contributed by atoms with Crippen LogP contribution in [-0.2, 0) is 11.3 Å². The van der Waals surface area contributed by atoms with Gasteiger partial charge in [-0.25, -0.2) is 0 Å². The molecule has 1 aromatic rings. The summed E-state index contributed by atoms with van der Waals surface area (Å²) < 4.78 is 0. The fourth-order valence-corrected chi connectivity index (χ4v) is 1.72. The molecule has 0 bridgehead atoms. The maximum Gasteiger partial charge on any atom is 0.221 e. The molecular weight excluding hydrogens is 220 g/mol. The lowest BCUT2D eigenvalue weighted by molar-refractivity contribution is -0.121. The van der Waals surface area contributed by atoms with Crippen molar-refractivity contribution in [3.05, 3.63) is 29.8 Å². The Hall–Kier alpha value is -1.00. The van der Waals surface area contributed by atoms with Crippen LogP contribution in [0.25, 0.3) is 0 Å². The molecule has 0 spiro atoms. The summed E-state index contributed by atoms with van der Waals surface area (Å²) >= 11 is 1.71. The van der Waals surface area contributed by atoms with Crippen molar-refractivity contribution in [1.82, 2.24) is 5.32 Å². The van der Waals surface area contributed by atoms with Gasteiger partial charge in [0.2, 0.25) is 5.91 Å². The van der Waals surface area contributed by atoms with E-state index in [0.717, 1.165) is 5.56 Å². The second-order valence-electron chi connectivity index (χ2n) is 3.81. The Balaban J connectivity index is 2.39. The number of thioether (sulfide) groups is 1. The zero-order valence-corrected chi connectivity index (χ0v) is 10.5. The van der Waals surface area contributed by atoms with E-state index < -0.39 is 0 Å². The molecule has 0 radical (unpaired) electrons. The van der Waals surface area contributed by atoms with E-state index in [9.17, 15) is 4.79 Å². The summed E-state index contributed by atoms with van der Waals surface area (Å²) in [6.45, 7) is 2.40. The van der Waals surface area contributed by atoms with Crippen LogP contribution in [0, 0.1) is 0 Å². The largest absolute Gasteiger partial charge is 0.352 e. The molecule has 1 aromatic carbocycles. The van der Waals surface area contributed by atoms with Crippen molar-refractivity contribution in [1.29, 1.82) is 0 Å². The number of hydrogen-bond donors (Lipinski definition) is 2.